The van der Waals surface area contributed by atoms with Crippen LogP contribution in [0.1, 0.15) is 28.5 Å². The summed E-state index contributed by atoms with van der Waals surface area (Å²) >= 11 is 0. The highest BCUT2D eigenvalue weighted by Crippen LogP contribution is 2.31. The van der Waals surface area contributed by atoms with Crippen LogP contribution in [0.25, 0.3) is 0 Å². The van der Waals surface area contributed by atoms with Gasteiger partial charge in [-0.25, -0.2) is 0 Å². The van der Waals surface area contributed by atoms with Crippen molar-refractivity contribution in [2.24, 2.45) is 0 Å². The maximum Gasteiger partial charge on any atom is 0.253 e. The number of carbonyl (C=O) groups excluding carboxylic acids is 1. The molecule has 0 spiro atoms. The predicted molar refractivity (Wildman–Crippen MR) is 99.4 cm³/mol. The van der Waals surface area contributed by atoms with Crippen LogP contribution in [0.5, 0.6) is 5.75 Å². The molecule has 3 rings (SSSR count). The van der Waals surface area contributed by atoms with E-state index in [1.54, 1.807) is 4.90 Å². The molecule has 1 aromatic carbocycles. The topological polar surface area (TPSA) is 45.7 Å². The lowest BCUT2D eigenvalue weighted by atomic mass is 10.1. The highest BCUT2D eigenvalue weighted by molar-refractivity contribution is 5.95. The predicted octanol–water partition coefficient (Wildman–Crippen LogP) is 2.92. The number of benzene rings is 1. The number of pyridine rings is 1. The number of hydrogen-bond donors (Lipinski definition) is 0. The van der Waals surface area contributed by atoms with E-state index in [9.17, 15) is 4.79 Å². The van der Waals surface area contributed by atoms with Gasteiger partial charge in [-0.05, 0) is 49.7 Å². The smallest absolute Gasteiger partial charge is 0.253 e. The first-order valence-corrected chi connectivity index (χ1v) is 8.62. The normalized spacial score (nSPS) is 14.5. The van der Waals surface area contributed by atoms with Crippen LogP contribution in [-0.4, -0.2) is 49.1 Å². The Morgan fingerprint density at radius 3 is 2.92 bits per heavy atom. The van der Waals surface area contributed by atoms with Crippen LogP contribution in [0.3, 0.4) is 0 Å². The number of anilines is 1. The van der Waals surface area contributed by atoms with Crippen LogP contribution in [0, 0.1) is 6.92 Å². The van der Waals surface area contributed by atoms with Crippen molar-refractivity contribution in [3.8, 4) is 5.75 Å². The fourth-order valence-corrected chi connectivity index (χ4v) is 3.04. The Labute approximate surface area is 149 Å². The average molecular weight is 339 g/mol. The van der Waals surface area contributed by atoms with E-state index in [0.717, 1.165) is 30.1 Å². The van der Waals surface area contributed by atoms with Crippen LogP contribution >= 0.6 is 0 Å². The molecule has 0 fully saturated rings. The maximum absolute atomic E-state index is 12.8. The van der Waals surface area contributed by atoms with Gasteiger partial charge >= 0.3 is 0 Å². The molecule has 1 aliphatic rings. The molecule has 0 saturated heterocycles. The summed E-state index contributed by atoms with van der Waals surface area (Å²) in [7, 11) is 3.88. The fraction of sp³-hybridized carbons (Fsp3) is 0.400. The van der Waals surface area contributed by atoms with E-state index >= 15 is 0 Å². The van der Waals surface area contributed by atoms with Crippen molar-refractivity contribution in [2.75, 3.05) is 32.1 Å². The molecule has 132 valence electrons. The summed E-state index contributed by atoms with van der Waals surface area (Å²) in [6.45, 7) is 5.60. The lowest BCUT2D eigenvalue weighted by Crippen LogP contribution is -2.37. The van der Waals surface area contributed by atoms with Crippen molar-refractivity contribution in [3.05, 3.63) is 53.3 Å². The Bertz CT molecular complexity index is 775. The molecule has 2 aromatic rings. The Hall–Kier alpha value is -2.56. The van der Waals surface area contributed by atoms with Crippen LogP contribution in [0.2, 0.25) is 0 Å². The zero-order valence-corrected chi connectivity index (χ0v) is 15.3. The fourth-order valence-electron chi connectivity index (χ4n) is 3.04. The summed E-state index contributed by atoms with van der Waals surface area (Å²) in [5.74, 6) is 0.779. The number of likely N-dealkylation sites (N-methyl/N-ethyl adjacent to an activating group) is 2. The molecule has 0 unspecified atom stereocenters. The van der Waals surface area contributed by atoms with Crippen molar-refractivity contribution < 1.29 is 9.53 Å². The molecule has 1 atom stereocenters. The number of fused-ring (bicyclic) bond motifs is 1. The van der Waals surface area contributed by atoms with Crippen LogP contribution in [-0.2, 0) is 6.42 Å². The monoisotopic (exact) mass is 339 g/mol. The quantitative estimate of drug-likeness (QED) is 0.859. The molecule has 0 N–H and O–H groups in total. The van der Waals surface area contributed by atoms with Gasteiger partial charge in [0.1, 0.15) is 12.4 Å². The summed E-state index contributed by atoms with van der Waals surface area (Å²) in [4.78, 5) is 21.2. The molecule has 25 heavy (non-hydrogen) atoms. The van der Waals surface area contributed by atoms with Crippen LogP contribution < -0.4 is 9.64 Å². The zero-order chi connectivity index (χ0) is 18.0. The van der Waals surface area contributed by atoms with E-state index < -0.39 is 0 Å². The summed E-state index contributed by atoms with van der Waals surface area (Å²) < 4.78 is 5.71. The van der Waals surface area contributed by atoms with E-state index in [4.69, 9.17) is 4.74 Å². The number of amides is 1. The van der Waals surface area contributed by atoms with E-state index in [1.807, 2.05) is 51.5 Å². The van der Waals surface area contributed by atoms with Crippen LogP contribution in [0.15, 0.2) is 36.5 Å². The minimum absolute atomic E-state index is 0.000204. The van der Waals surface area contributed by atoms with Crippen molar-refractivity contribution in [1.82, 2.24) is 9.88 Å². The molecule has 2 heterocycles. The molecule has 0 radical (unpaired) electrons. The van der Waals surface area contributed by atoms with Gasteiger partial charge < -0.3 is 14.5 Å². The number of hydrogen-bond acceptors (Lipinski definition) is 4. The molecule has 5 heteroatoms. The highest BCUT2D eigenvalue weighted by Gasteiger charge is 2.21. The standard InChI is InChI=1S/C20H25N3O2/c1-14-7-8-21-17(11-14)12-15(2)23(4)20(24)16-5-6-18-19(13-16)25-10-9-22(18)3/h5-8,11,13,15H,9-10,12H2,1-4H3/t15-/m0/s1. The molecular formula is C20H25N3O2. The second-order valence-electron chi connectivity index (χ2n) is 6.75. The number of ether oxygens (including phenoxy) is 1. The van der Waals surface area contributed by atoms with Crippen molar-refractivity contribution >= 4 is 11.6 Å². The molecule has 1 aliphatic heterocycles. The molecule has 0 bridgehead atoms. The number of carbonyl (C=O) groups is 1. The lowest BCUT2D eigenvalue weighted by molar-refractivity contribution is 0.0742. The summed E-state index contributed by atoms with van der Waals surface area (Å²) in [6, 6.07) is 9.79. The summed E-state index contributed by atoms with van der Waals surface area (Å²) in [5.41, 5.74) is 3.87. The second kappa shape index (κ2) is 7.13. The molecule has 1 amide bonds. The first-order valence-electron chi connectivity index (χ1n) is 8.62. The Morgan fingerprint density at radius 2 is 2.16 bits per heavy atom. The van der Waals surface area contributed by atoms with Gasteiger partial charge in [-0.3, -0.25) is 9.78 Å². The second-order valence-corrected chi connectivity index (χ2v) is 6.75. The van der Waals surface area contributed by atoms with E-state index in [2.05, 4.69) is 22.9 Å². The average Bonchev–Trinajstić information content (AvgIpc) is 2.60. The number of aromatic nitrogens is 1. The van der Waals surface area contributed by atoms with Gasteiger partial charge in [-0.2, -0.15) is 0 Å². The number of rotatable bonds is 4. The molecule has 0 saturated carbocycles. The van der Waals surface area contributed by atoms with Gasteiger partial charge in [0.05, 0.1) is 12.2 Å². The van der Waals surface area contributed by atoms with Gasteiger partial charge in [0.25, 0.3) is 5.91 Å². The van der Waals surface area contributed by atoms with Gasteiger partial charge in [-0.1, -0.05) is 0 Å². The van der Waals surface area contributed by atoms with Gasteiger partial charge in [0.2, 0.25) is 0 Å². The largest absolute Gasteiger partial charge is 0.490 e. The molecule has 5 nitrogen and oxygen atoms in total. The first-order chi connectivity index (χ1) is 12.0. The Morgan fingerprint density at radius 1 is 1.36 bits per heavy atom. The SMILES string of the molecule is Cc1ccnc(C[C@H](C)N(C)C(=O)c2ccc3c(c2)OCCN3C)c1. The maximum atomic E-state index is 12.8. The zero-order valence-electron chi connectivity index (χ0n) is 15.3. The minimum Gasteiger partial charge on any atom is -0.490 e. The molecule has 0 aliphatic carbocycles. The van der Waals surface area contributed by atoms with Crippen molar-refractivity contribution in [1.29, 1.82) is 0 Å². The third-order valence-electron chi connectivity index (χ3n) is 4.76. The Balaban J connectivity index is 1.73. The molecular weight excluding hydrogens is 314 g/mol. The van der Waals surface area contributed by atoms with Crippen molar-refractivity contribution in [2.45, 2.75) is 26.3 Å². The third kappa shape index (κ3) is 3.76. The van der Waals surface area contributed by atoms with Crippen LogP contribution in [0.4, 0.5) is 5.69 Å². The van der Waals surface area contributed by atoms with E-state index in [0.29, 0.717) is 12.2 Å². The van der Waals surface area contributed by atoms with E-state index in [-0.39, 0.29) is 11.9 Å². The first kappa shape index (κ1) is 17.3. The summed E-state index contributed by atoms with van der Waals surface area (Å²) in [5, 5.41) is 0. The van der Waals surface area contributed by atoms with Gasteiger partial charge in [0, 0.05) is 44.0 Å². The number of aryl methyl sites for hydroxylation is 1. The minimum atomic E-state index is -0.000204. The number of nitrogens with zero attached hydrogens (tertiary/aromatic N) is 3. The van der Waals surface area contributed by atoms with Gasteiger partial charge in [0.15, 0.2) is 0 Å². The highest BCUT2D eigenvalue weighted by atomic mass is 16.5. The van der Waals surface area contributed by atoms with E-state index in [1.165, 1.54) is 5.56 Å². The van der Waals surface area contributed by atoms with Crippen molar-refractivity contribution in [3.63, 3.8) is 0 Å². The third-order valence-corrected chi connectivity index (χ3v) is 4.76. The van der Waals surface area contributed by atoms with Gasteiger partial charge in [-0.15, -0.1) is 0 Å². The summed E-state index contributed by atoms with van der Waals surface area (Å²) in [6.07, 6.45) is 2.55. The Kier molecular flexibility index (Phi) is 4.93. The molecule has 1 aromatic heterocycles. The lowest BCUT2D eigenvalue weighted by Gasteiger charge is -2.29.